The fourth-order valence-corrected chi connectivity index (χ4v) is 5.60. The summed E-state index contributed by atoms with van der Waals surface area (Å²) in [4.78, 5) is 46.9. The number of carbonyl (C=O) groups excluding carboxylic acids is 2. The van der Waals surface area contributed by atoms with E-state index in [-0.39, 0.29) is 41.0 Å². The number of nitriles is 1. The summed E-state index contributed by atoms with van der Waals surface area (Å²) in [6, 6.07) is 12.8. The molecule has 2 N–H and O–H groups in total. The van der Waals surface area contributed by atoms with Crippen molar-refractivity contribution in [3.05, 3.63) is 80.4 Å². The lowest BCUT2D eigenvalue weighted by Crippen LogP contribution is -2.49. The second-order valence-electron chi connectivity index (χ2n) is 12.0. The van der Waals surface area contributed by atoms with E-state index in [1.807, 2.05) is 19.2 Å². The molecule has 0 spiro atoms. The van der Waals surface area contributed by atoms with E-state index in [0.29, 0.717) is 48.1 Å². The van der Waals surface area contributed by atoms with Gasteiger partial charge in [-0.3, -0.25) is 14.4 Å². The molecule has 3 aliphatic rings. The normalized spacial score (nSPS) is 17.1. The summed E-state index contributed by atoms with van der Waals surface area (Å²) in [5.41, 5.74) is 3.19. The minimum atomic E-state index is -0.529. The fourth-order valence-electron chi connectivity index (χ4n) is 5.43. The van der Waals surface area contributed by atoms with E-state index in [2.05, 4.69) is 16.7 Å². The van der Waals surface area contributed by atoms with Crippen LogP contribution in [0.5, 0.6) is 0 Å². The number of likely N-dealkylation sites (tertiary alicyclic amines) is 1. The van der Waals surface area contributed by atoms with Crippen molar-refractivity contribution in [3.63, 3.8) is 0 Å². The van der Waals surface area contributed by atoms with Gasteiger partial charge in [-0.15, -0.1) is 0 Å². The number of ether oxygens (including phenoxy) is 1. The molecule has 2 aromatic heterocycles. The zero-order valence-corrected chi connectivity index (χ0v) is 25.6. The third kappa shape index (κ3) is 6.55. The summed E-state index contributed by atoms with van der Waals surface area (Å²) in [5, 5.41) is 15.8. The van der Waals surface area contributed by atoms with Gasteiger partial charge in [-0.25, -0.2) is 4.98 Å². The number of halogens is 1. The van der Waals surface area contributed by atoms with Gasteiger partial charge in [0.05, 0.1) is 18.1 Å². The SMILES string of the molecule is CO[C@@H](C)CNCc1cc(C(=O)Nc2cc(-c3ccc(Cl)cc3C(=O)N3CC(C#N)C3)cc(C3CC3)n2)c(=O)n(C2CC2)c1. The van der Waals surface area contributed by atoms with Gasteiger partial charge in [0.25, 0.3) is 17.4 Å². The van der Waals surface area contributed by atoms with Gasteiger partial charge in [-0.05, 0) is 79.6 Å². The van der Waals surface area contributed by atoms with E-state index in [4.69, 9.17) is 21.3 Å². The Morgan fingerprint density at radius 3 is 2.59 bits per heavy atom. The molecule has 1 saturated heterocycles. The molecule has 228 valence electrons. The third-order valence-corrected chi connectivity index (χ3v) is 8.64. The number of hydrogen-bond acceptors (Lipinski definition) is 7. The molecule has 1 atom stereocenters. The number of amides is 2. The summed E-state index contributed by atoms with van der Waals surface area (Å²) < 4.78 is 6.98. The lowest BCUT2D eigenvalue weighted by Gasteiger charge is -2.35. The summed E-state index contributed by atoms with van der Waals surface area (Å²) in [7, 11) is 1.66. The molecule has 3 fully saturated rings. The van der Waals surface area contributed by atoms with Gasteiger partial charge in [-0.1, -0.05) is 17.7 Å². The highest BCUT2D eigenvalue weighted by Gasteiger charge is 2.33. The first-order valence-corrected chi connectivity index (χ1v) is 15.4. The van der Waals surface area contributed by atoms with Crippen LogP contribution in [0.4, 0.5) is 5.82 Å². The average Bonchev–Trinajstić information content (AvgIpc) is 3.91. The first-order valence-electron chi connectivity index (χ1n) is 15.0. The number of methoxy groups -OCH3 is 1. The highest BCUT2D eigenvalue weighted by Crippen LogP contribution is 2.41. The third-order valence-electron chi connectivity index (χ3n) is 8.40. The molecule has 0 unspecified atom stereocenters. The molecule has 11 heteroatoms. The van der Waals surface area contributed by atoms with E-state index in [9.17, 15) is 19.6 Å². The maximum atomic E-state index is 13.7. The van der Waals surface area contributed by atoms with E-state index < -0.39 is 5.91 Å². The Hall–Kier alpha value is -4.04. The topological polar surface area (TPSA) is 129 Å². The zero-order valence-electron chi connectivity index (χ0n) is 24.8. The zero-order chi connectivity index (χ0) is 31.0. The summed E-state index contributed by atoms with van der Waals surface area (Å²) >= 11 is 6.32. The molecule has 2 saturated carbocycles. The number of nitrogens with one attached hydrogen (secondary N) is 2. The Balaban J connectivity index is 1.30. The van der Waals surface area contributed by atoms with Crippen LogP contribution in [-0.4, -0.2) is 59.1 Å². The fraction of sp³-hybridized carbons (Fsp3) is 0.424. The standard InChI is InChI=1S/C33H35ClN6O4/c1-19(44-2)14-36-15-20-9-28(33(43)40(18-20)25-6-7-25)31(41)38-30-11-23(10-29(37-30)22-3-4-22)26-8-5-24(34)12-27(26)32(42)39-16-21(13-35)17-39/h5,8-12,18-19,21-22,25,36H,3-4,6-7,14-17H2,1-2H3,(H,37,38,41)/t19-/m0/s1. The Kier molecular flexibility index (Phi) is 8.54. The van der Waals surface area contributed by atoms with Gasteiger partial charge < -0.3 is 24.8 Å². The molecule has 3 aromatic rings. The number of rotatable bonds is 11. The quantitative estimate of drug-likeness (QED) is 0.319. The number of hydrogen-bond donors (Lipinski definition) is 2. The van der Waals surface area contributed by atoms with Gasteiger partial charge >= 0.3 is 0 Å². The number of aromatic nitrogens is 2. The highest BCUT2D eigenvalue weighted by molar-refractivity contribution is 6.31. The Morgan fingerprint density at radius 1 is 1.14 bits per heavy atom. The van der Waals surface area contributed by atoms with Crippen LogP contribution in [0.2, 0.25) is 5.02 Å². The first-order chi connectivity index (χ1) is 21.2. The molecule has 3 heterocycles. The van der Waals surface area contributed by atoms with Crippen molar-refractivity contribution in [3.8, 4) is 17.2 Å². The highest BCUT2D eigenvalue weighted by atomic mass is 35.5. The summed E-state index contributed by atoms with van der Waals surface area (Å²) in [6.45, 7) is 3.84. The van der Waals surface area contributed by atoms with Gasteiger partial charge in [0.2, 0.25) is 0 Å². The van der Waals surface area contributed by atoms with Crippen molar-refractivity contribution in [1.82, 2.24) is 19.8 Å². The maximum absolute atomic E-state index is 13.7. The van der Waals surface area contributed by atoms with Crippen molar-refractivity contribution < 1.29 is 14.3 Å². The molecular formula is C33H35ClN6O4. The van der Waals surface area contributed by atoms with Crippen LogP contribution in [-0.2, 0) is 11.3 Å². The maximum Gasteiger partial charge on any atom is 0.263 e. The minimum absolute atomic E-state index is 0.0305. The van der Waals surface area contributed by atoms with Crippen LogP contribution < -0.4 is 16.2 Å². The van der Waals surface area contributed by atoms with Crippen LogP contribution in [0.1, 0.15) is 76.5 Å². The van der Waals surface area contributed by atoms with Crippen molar-refractivity contribution in [2.24, 2.45) is 5.92 Å². The van der Waals surface area contributed by atoms with Crippen LogP contribution >= 0.6 is 11.6 Å². The van der Waals surface area contributed by atoms with E-state index in [1.165, 1.54) is 0 Å². The Bertz CT molecular complexity index is 1700. The molecule has 10 nitrogen and oxygen atoms in total. The monoisotopic (exact) mass is 614 g/mol. The number of anilines is 1. The van der Waals surface area contributed by atoms with Gasteiger partial charge in [-0.2, -0.15) is 5.26 Å². The largest absolute Gasteiger partial charge is 0.380 e. The van der Waals surface area contributed by atoms with Crippen LogP contribution in [0.3, 0.4) is 0 Å². The molecule has 0 radical (unpaired) electrons. The second kappa shape index (κ2) is 12.5. The molecule has 0 bridgehead atoms. The molecule has 2 aliphatic carbocycles. The van der Waals surface area contributed by atoms with Crippen molar-refractivity contribution in [2.45, 2.75) is 57.2 Å². The Morgan fingerprint density at radius 2 is 1.91 bits per heavy atom. The van der Waals surface area contributed by atoms with Crippen molar-refractivity contribution in [2.75, 3.05) is 32.1 Å². The molecule has 2 amide bonds. The predicted molar refractivity (Wildman–Crippen MR) is 167 cm³/mol. The average molecular weight is 615 g/mol. The van der Waals surface area contributed by atoms with E-state index >= 15 is 0 Å². The van der Waals surface area contributed by atoms with Gasteiger partial charge in [0.15, 0.2) is 0 Å². The minimum Gasteiger partial charge on any atom is -0.380 e. The van der Waals surface area contributed by atoms with Gasteiger partial charge in [0.1, 0.15) is 11.4 Å². The summed E-state index contributed by atoms with van der Waals surface area (Å²) in [6.07, 6.45) is 5.65. The molecular weight excluding hydrogens is 580 g/mol. The molecule has 44 heavy (non-hydrogen) atoms. The lowest BCUT2D eigenvalue weighted by molar-refractivity contribution is 0.0578. The summed E-state index contributed by atoms with van der Waals surface area (Å²) in [5.74, 6) is -0.321. The van der Waals surface area contributed by atoms with Crippen LogP contribution in [0, 0.1) is 17.2 Å². The van der Waals surface area contributed by atoms with E-state index in [1.54, 1.807) is 46.9 Å². The van der Waals surface area contributed by atoms with E-state index in [0.717, 1.165) is 42.5 Å². The Labute approximate surface area is 261 Å². The molecule has 6 rings (SSSR count). The molecule has 1 aromatic carbocycles. The van der Waals surface area contributed by atoms with Crippen molar-refractivity contribution in [1.29, 1.82) is 5.26 Å². The number of carbonyl (C=O) groups is 2. The first kappa shape index (κ1) is 30.0. The van der Waals surface area contributed by atoms with Crippen LogP contribution in [0.25, 0.3) is 11.1 Å². The number of benzene rings is 1. The number of nitrogens with zero attached hydrogens (tertiary/aromatic N) is 4. The van der Waals surface area contributed by atoms with Crippen molar-refractivity contribution >= 4 is 29.2 Å². The molecule has 1 aliphatic heterocycles. The number of pyridine rings is 2. The smallest absolute Gasteiger partial charge is 0.263 e. The lowest BCUT2D eigenvalue weighted by atomic mass is 9.95. The predicted octanol–water partition coefficient (Wildman–Crippen LogP) is 4.75. The second-order valence-corrected chi connectivity index (χ2v) is 12.4. The van der Waals surface area contributed by atoms with Gasteiger partial charge in [0, 0.05) is 67.7 Å². The van der Waals surface area contributed by atoms with Crippen LogP contribution in [0.15, 0.2) is 47.4 Å².